The predicted octanol–water partition coefficient (Wildman–Crippen LogP) is 13.0. The Morgan fingerprint density at radius 2 is 0.707 bits per heavy atom. The maximum Gasteiger partial charge on any atom is 0.305 e. The van der Waals surface area contributed by atoms with Crippen molar-refractivity contribution in [3.05, 3.63) is 11.6 Å². The molecule has 19 nitrogen and oxygen atoms in total. The van der Waals surface area contributed by atoms with Crippen LogP contribution in [0, 0.1) is 0 Å². The molecule has 0 aromatic rings. The SMILES string of the molecule is CCCCCCC(=O)OCCCCC(O)CC/C(=C/CCCC(=O)OCCN1CC(C)N(CCOC(=O)CCCN(CC(O)CCCCOC(=O)CCCCCC)CC(O)CCCCOC(=O)CCCCCC)CC1C)CC(O)CCCCOC(=O)CCCCCC. The topological polar surface area (TPSA) is 248 Å². The molecule has 0 aromatic heterocycles. The van der Waals surface area contributed by atoms with Crippen molar-refractivity contribution in [3.8, 4) is 0 Å². The van der Waals surface area contributed by atoms with Crippen molar-refractivity contribution < 1.29 is 77.6 Å². The summed E-state index contributed by atoms with van der Waals surface area (Å²) >= 11 is 0. The summed E-state index contributed by atoms with van der Waals surface area (Å²) in [5.41, 5.74) is 1.05. The van der Waals surface area contributed by atoms with Gasteiger partial charge >= 0.3 is 35.8 Å². The van der Waals surface area contributed by atoms with E-state index < -0.39 is 24.4 Å². The van der Waals surface area contributed by atoms with Crippen LogP contribution >= 0.6 is 0 Å². The van der Waals surface area contributed by atoms with Gasteiger partial charge in [-0.3, -0.25) is 43.5 Å². The Morgan fingerprint density at radius 3 is 1.08 bits per heavy atom. The number of nitrogens with zero attached hydrogens (tertiary/aromatic N) is 3. The molecule has 19 heteroatoms. The summed E-state index contributed by atoms with van der Waals surface area (Å²) in [5, 5.41) is 44.0. The molecule has 0 amide bonds. The third kappa shape index (κ3) is 51.6. The molecule has 1 fully saturated rings. The van der Waals surface area contributed by atoms with Crippen LogP contribution in [0.25, 0.3) is 0 Å². The Balaban J connectivity index is 2.61. The van der Waals surface area contributed by atoms with E-state index in [0.29, 0.717) is 188 Å². The molecule has 1 aliphatic rings. The van der Waals surface area contributed by atoms with Crippen LogP contribution in [0.3, 0.4) is 0 Å². The molecule has 0 aliphatic carbocycles. The smallest absolute Gasteiger partial charge is 0.305 e. The van der Waals surface area contributed by atoms with E-state index in [4.69, 9.17) is 28.4 Å². The standard InChI is InChI=1S/C73H135N3O16/c1-7-11-15-19-39-68(81)87-50-29-25-35-64(77)46-45-63(56-65(78)36-26-30-51-88-69(82)40-20-16-12-8-2)34-23-24-43-72(85)91-54-48-75-57-62(6)76(58-61(75)5)49-55-92-73(86)44-33-47-74(59-66(79)37-27-31-52-89-70(83)41-21-17-13-9-3)60-67(80)38-28-32-53-90-71(84)42-22-18-14-10-4/h34,61-62,64-67,77-80H,7-33,35-60H2,1-6H3/b63-34-. The molecule has 92 heavy (non-hydrogen) atoms. The lowest BCUT2D eigenvalue weighted by Crippen LogP contribution is -2.57. The van der Waals surface area contributed by atoms with Gasteiger partial charge in [0, 0.05) is 89.9 Å². The monoisotopic (exact) mass is 1310 g/mol. The van der Waals surface area contributed by atoms with Crippen LogP contribution in [0.5, 0.6) is 0 Å². The minimum absolute atomic E-state index is 0.156. The molecular formula is C73H135N3O16. The first-order chi connectivity index (χ1) is 44.5. The Labute approximate surface area is 557 Å². The highest BCUT2D eigenvalue weighted by atomic mass is 16.6. The number of ether oxygens (including phenoxy) is 6. The number of carbonyl (C=O) groups excluding carboxylic acids is 6. The minimum atomic E-state index is -0.654. The summed E-state index contributed by atoms with van der Waals surface area (Å²) in [7, 11) is 0. The predicted molar refractivity (Wildman–Crippen MR) is 364 cm³/mol. The van der Waals surface area contributed by atoms with Crippen molar-refractivity contribution >= 4 is 35.8 Å². The molecule has 538 valence electrons. The Kier molecular flexibility index (Phi) is 56.0. The van der Waals surface area contributed by atoms with Gasteiger partial charge in [-0.25, -0.2) is 0 Å². The Bertz CT molecular complexity index is 1830. The second-order valence-corrected chi connectivity index (χ2v) is 26.2. The number of rotatable bonds is 63. The number of aliphatic hydroxyl groups is 4. The number of hydrogen-bond acceptors (Lipinski definition) is 19. The van der Waals surface area contributed by atoms with Gasteiger partial charge in [0.25, 0.3) is 0 Å². The molecule has 1 rings (SSSR count). The van der Waals surface area contributed by atoms with Gasteiger partial charge in [0.2, 0.25) is 0 Å². The first-order valence-electron chi connectivity index (χ1n) is 37.0. The highest BCUT2D eigenvalue weighted by Gasteiger charge is 2.29. The van der Waals surface area contributed by atoms with Gasteiger partial charge in [0.15, 0.2) is 0 Å². The van der Waals surface area contributed by atoms with Crippen molar-refractivity contribution in [1.82, 2.24) is 14.7 Å². The van der Waals surface area contributed by atoms with Crippen molar-refractivity contribution in [1.29, 1.82) is 0 Å². The van der Waals surface area contributed by atoms with Crippen molar-refractivity contribution in [2.75, 3.05) is 85.5 Å². The molecule has 0 radical (unpaired) electrons. The molecule has 6 unspecified atom stereocenters. The van der Waals surface area contributed by atoms with E-state index in [0.717, 1.165) is 134 Å². The first kappa shape index (κ1) is 86.3. The van der Waals surface area contributed by atoms with Crippen molar-refractivity contribution in [3.63, 3.8) is 0 Å². The van der Waals surface area contributed by atoms with Gasteiger partial charge in [0.05, 0.1) is 50.8 Å². The average Bonchev–Trinajstić information content (AvgIpc) is 1.50. The second kappa shape index (κ2) is 59.7. The minimum Gasteiger partial charge on any atom is -0.466 e. The van der Waals surface area contributed by atoms with Gasteiger partial charge in [-0.15, -0.1) is 0 Å². The lowest BCUT2D eigenvalue weighted by atomic mass is 9.96. The van der Waals surface area contributed by atoms with Crippen LogP contribution in [-0.2, 0) is 57.2 Å². The third-order valence-corrected chi connectivity index (χ3v) is 17.4. The molecule has 0 bridgehead atoms. The summed E-state index contributed by atoms with van der Waals surface area (Å²) in [6.07, 6.45) is 29.4. The average molecular weight is 1310 g/mol. The van der Waals surface area contributed by atoms with E-state index in [-0.39, 0.29) is 74.0 Å². The van der Waals surface area contributed by atoms with Crippen LogP contribution in [0.1, 0.15) is 298 Å². The van der Waals surface area contributed by atoms with Gasteiger partial charge in [0.1, 0.15) is 13.2 Å². The second-order valence-electron chi connectivity index (χ2n) is 26.2. The quantitative estimate of drug-likeness (QED) is 0.0191. The maximum atomic E-state index is 13.0. The molecule has 4 N–H and O–H groups in total. The molecule has 0 aromatic carbocycles. The van der Waals surface area contributed by atoms with Gasteiger partial charge in [-0.1, -0.05) is 116 Å². The zero-order valence-electron chi connectivity index (χ0n) is 59.0. The number of unbranched alkanes of at least 4 members (excludes halogenated alkanes) is 17. The van der Waals surface area contributed by atoms with Crippen LogP contribution in [0.4, 0.5) is 0 Å². The summed E-state index contributed by atoms with van der Waals surface area (Å²) in [5.74, 6) is -1.21. The lowest BCUT2D eigenvalue weighted by molar-refractivity contribution is -0.146. The highest BCUT2D eigenvalue weighted by Crippen LogP contribution is 2.22. The Morgan fingerprint density at radius 1 is 0.380 bits per heavy atom. The fourth-order valence-corrected chi connectivity index (χ4v) is 11.6. The number of allylic oxidation sites excluding steroid dienone is 1. The number of esters is 6. The van der Waals surface area contributed by atoms with E-state index in [1.54, 1.807) is 0 Å². The van der Waals surface area contributed by atoms with Gasteiger partial charge in [-0.2, -0.15) is 0 Å². The Hall–Kier alpha value is -3.72. The third-order valence-electron chi connectivity index (χ3n) is 17.4. The fraction of sp³-hybridized carbons (Fsp3) is 0.890. The molecule has 1 aliphatic heterocycles. The lowest BCUT2D eigenvalue weighted by Gasteiger charge is -2.44. The van der Waals surface area contributed by atoms with E-state index in [1.807, 2.05) is 4.90 Å². The zero-order valence-corrected chi connectivity index (χ0v) is 59.0. The summed E-state index contributed by atoms with van der Waals surface area (Å²) in [6.45, 7) is 18.6. The molecule has 0 saturated carbocycles. The first-order valence-corrected chi connectivity index (χ1v) is 37.0. The molecule has 0 spiro atoms. The number of carbonyl (C=O) groups is 6. The van der Waals surface area contributed by atoms with Crippen molar-refractivity contribution in [2.45, 2.75) is 335 Å². The van der Waals surface area contributed by atoms with E-state index >= 15 is 0 Å². The van der Waals surface area contributed by atoms with Crippen molar-refractivity contribution in [2.24, 2.45) is 0 Å². The number of piperazine rings is 1. The largest absolute Gasteiger partial charge is 0.466 e. The highest BCUT2D eigenvalue weighted by molar-refractivity contribution is 5.71. The molecule has 1 heterocycles. The van der Waals surface area contributed by atoms with Gasteiger partial charge < -0.3 is 48.8 Å². The maximum absolute atomic E-state index is 13.0. The van der Waals surface area contributed by atoms with E-state index in [9.17, 15) is 49.2 Å². The number of aliphatic hydroxyl groups excluding tert-OH is 4. The van der Waals surface area contributed by atoms with Crippen LogP contribution in [0.15, 0.2) is 11.6 Å². The summed E-state index contributed by atoms with van der Waals surface area (Å²) < 4.78 is 33.0. The summed E-state index contributed by atoms with van der Waals surface area (Å²) in [4.78, 5) is 80.9. The molecule has 1 saturated heterocycles. The van der Waals surface area contributed by atoms with Crippen LogP contribution in [0.2, 0.25) is 0 Å². The number of hydrogen-bond donors (Lipinski definition) is 4. The van der Waals surface area contributed by atoms with Gasteiger partial charge in [-0.05, 0) is 162 Å². The molecular weight excluding hydrogens is 1170 g/mol. The fourth-order valence-electron chi connectivity index (χ4n) is 11.6. The van der Waals surface area contributed by atoms with E-state index in [1.165, 1.54) is 0 Å². The normalized spacial score (nSPS) is 16.1. The van der Waals surface area contributed by atoms with Crippen LogP contribution in [-0.4, -0.2) is 193 Å². The zero-order chi connectivity index (χ0) is 67.7. The molecule has 6 atom stereocenters. The van der Waals surface area contributed by atoms with Crippen LogP contribution < -0.4 is 0 Å². The van der Waals surface area contributed by atoms with E-state index in [2.05, 4.69) is 57.4 Å². The summed E-state index contributed by atoms with van der Waals surface area (Å²) in [6, 6.07) is 0.381.